The van der Waals surface area contributed by atoms with Gasteiger partial charge in [-0.05, 0) is 37.0 Å². The molecule has 0 saturated carbocycles. The van der Waals surface area contributed by atoms with E-state index in [0.29, 0.717) is 23.7 Å². The molecule has 0 aliphatic carbocycles. The van der Waals surface area contributed by atoms with Crippen molar-refractivity contribution in [1.82, 2.24) is 10.2 Å². The first-order valence-corrected chi connectivity index (χ1v) is 15.1. The number of carbonyl (C=O) groups excluding carboxylic acids is 3. The largest absolute Gasteiger partial charge is 0.394 e. The fourth-order valence-corrected chi connectivity index (χ4v) is 10.2. The van der Waals surface area contributed by atoms with Crippen LogP contribution in [0.3, 0.4) is 0 Å². The van der Waals surface area contributed by atoms with Crippen LogP contribution in [0.2, 0.25) is 5.02 Å². The van der Waals surface area contributed by atoms with Crippen LogP contribution >= 0.6 is 39.3 Å². The van der Waals surface area contributed by atoms with Crippen molar-refractivity contribution in [1.29, 1.82) is 0 Å². The number of halogens is 2. The molecule has 3 saturated heterocycles. The van der Waals surface area contributed by atoms with Gasteiger partial charge in [-0.1, -0.05) is 76.9 Å². The van der Waals surface area contributed by atoms with Gasteiger partial charge in [0.1, 0.15) is 6.04 Å². The van der Waals surface area contributed by atoms with E-state index < -0.39 is 28.7 Å². The Labute approximate surface area is 240 Å². The van der Waals surface area contributed by atoms with Gasteiger partial charge >= 0.3 is 0 Å². The van der Waals surface area contributed by atoms with E-state index >= 15 is 0 Å². The van der Waals surface area contributed by atoms with Crippen LogP contribution in [-0.4, -0.2) is 61.7 Å². The van der Waals surface area contributed by atoms with Crippen LogP contribution in [0.25, 0.3) is 0 Å². The van der Waals surface area contributed by atoms with Crippen molar-refractivity contribution in [3.63, 3.8) is 0 Å². The van der Waals surface area contributed by atoms with Crippen LogP contribution in [0.1, 0.15) is 36.9 Å². The molecule has 1 spiro atoms. The van der Waals surface area contributed by atoms with Gasteiger partial charge in [0, 0.05) is 16.6 Å². The maximum absolute atomic E-state index is 14.3. The maximum Gasteiger partial charge on any atom is 0.248 e. The zero-order valence-electron chi connectivity index (χ0n) is 21.2. The third-order valence-corrected chi connectivity index (χ3v) is 11.5. The second-order valence-electron chi connectivity index (χ2n) is 10.2. The number of hydrogen-bond donors (Lipinski definition) is 3. The molecule has 5 rings (SSSR count). The minimum absolute atomic E-state index is 0.0319. The van der Waals surface area contributed by atoms with Crippen LogP contribution in [0.5, 0.6) is 0 Å². The van der Waals surface area contributed by atoms with Crippen molar-refractivity contribution in [3.05, 3.63) is 64.7 Å². The number of alkyl halides is 1. The van der Waals surface area contributed by atoms with Gasteiger partial charge in [0.05, 0.1) is 39.9 Å². The predicted octanol–water partition coefficient (Wildman–Crippen LogP) is 4.31. The Morgan fingerprint density at radius 2 is 1.95 bits per heavy atom. The van der Waals surface area contributed by atoms with Gasteiger partial charge in [-0.25, -0.2) is 0 Å². The van der Waals surface area contributed by atoms with E-state index in [0.717, 1.165) is 17.5 Å². The van der Waals surface area contributed by atoms with E-state index in [1.807, 2.05) is 56.3 Å². The van der Waals surface area contributed by atoms with E-state index in [-0.39, 0.29) is 34.4 Å². The number of para-hydroxylation sites is 1. The number of nitrogens with zero attached hydrogens (tertiary/aromatic N) is 1. The van der Waals surface area contributed by atoms with Crippen molar-refractivity contribution in [3.8, 4) is 0 Å². The van der Waals surface area contributed by atoms with Gasteiger partial charge in [-0.3, -0.25) is 14.4 Å². The molecule has 3 amide bonds. The number of thioether (sulfide) groups is 1. The number of amides is 3. The molecular weight excluding hydrogens is 590 g/mol. The number of benzene rings is 2. The lowest BCUT2D eigenvalue weighted by molar-refractivity contribution is -0.142. The number of fused-ring (bicyclic) bond motifs is 1. The summed E-state index contributed by atoms with van der Waals surface area (Å²) in [5, 5.41) is 16.8. The molecule has 2 aromatic rings. The first-order valence-electron chi connectivity index (χ1n) is 12.9. The molecule has 3 unspecified atom stereocenters. The minimum Gasteiger partial charge on any atom is -0.394 e. The summed E-state index contributed by atoms with van der Waals surface area (Å²) in [6, 6.07) is 13.0. The summed E-state index contributed by atoms with van der Waals surface area (Å²) in [5.74, 6) is -2.04. The van der Waals surface area contributed by atoms with E-state index in [9.17, 15) is 19.5 Å². The lowest BCUT2D eigenvalue weighted by atomic mass is 9.70. The third kappa shape index (κ3) is 4.35. The van der Waals surface area contributed by atoms with Gasteiger partial charge < -0.3 is 20.6 Å². The van der Waals surface area contributed by atoms with Crippen LogP contribution in [0.15, 0.2) is 48.5 Å². The monoisotopic (exact) mass is 619 g/mol. The topological polar surface area (TPSA) is 98.7 Å². The SMILES string of the molecule is CCCNC(=O)[C@H]1[C@@H]2SC3(CC2Br)C(C(=O)Nc2c(C)cccc2Cl)N([C@H](CO)c2ccccc2)C(=O)[C@H]13. The fourth-order valence-electron chi connectivity index (χ4n) is 6.38. The van der Waals surface area contributed by atoms with Gasteiger partial charge in [-0.15, -0.1) is 11.8 Å². The average molecular weight is 621 g/mol. The van der Waals surface area contributed by atoms with Crippen LogP contribution in [0.4, 0.5) is 5.69 Å². The Balaban J connectivity index is 1.61. The van der Waals surface area contributed by atoms with E-state index in [2.05, 4.69) is 26.6 Å². The molecular formula is C28H31BrClN3O4S. The number of rotatable bonds is 8. The first-order chi connectivity index (χ1) is 18.2. The number of aryl methyl sites for hydroxylation is 1. The van der Waals surface area contributed by atoms with Gasteiger partial charge in [0.15, 0.2) is 0 Å². The van der Waals surface area contributed by atoms with Gasteiger partial charge in [0.25, 0.3) is 0 Å². The number of nitrogens with one attached hydrogen (secondary N) is 2. The summed E-state index contributed by atoms with van der Waals surface area (Å²) >= 11 is 11.8. The van der Waals surface area contributed by atoms with Crippen LogP contribution in [0, 0.1) is 18.8 Å². The molecule has 3 heterocycles. The molecule has 3 N–H and O–H groups in total. The summed E-state index contributed by atoms with van der Waals surface area (Å²) in [4.78, 5) is 43.5. The third-order valence-electron chi connectivity index (χ3n) is 7.99. The van der Waals surface area contributed by atoms with E-state index in [1.54, 1.807) is 17.8 Å². The second-order valence-corrected chi connectivity index (χ2v) is 13.4. The normalized spacial score (nSPS) is 30.3. The highest BCUT2D eigenvalue weighted by Gasteiger charge is 2.76. The van der Waals surface area contributed by atoms with Crippen molar-refractivity contribution in [2.24, 2.45) is 11.8 Å². The van der Waals surface area contributed by atoms with E-state index in [4.69, 9.17) is 11.6 Å². The fraction of sp³-hybridized carbons (Fsp3) is 0.464. The highest BCUT2D eigenvalue weighted by molar-refractivity contribution is 9.09. The van der Waals surface area contributed by atoms with Gasteiger partial charge in [0.2, 0.25) is 17.7 Å². The smallest absolute Gasteiger partial charge is 0.248 e. The number of carbonyl (C=O) groups is 3. The molecule has 3 fully saturated rings. The second kappa shape index (κ2) is 10.8. The molecule has 38 heavy (non-hydrogen) atoms. The van der Waals surface area contributed by atoms with E-state index in [1.165, 1.54) is 4.90 Å². The number of likely N-dealkylation sites (tertiary alicyclic amines) is 1. The summed E-state index contributed by atoms with van der Waals surface area (Å²) in [7, 11) is 0. The van der Waals surface area contributed by atoms with Crippen molar-refractivity contribution >= 4 is 62.7 Å². The zero-order chi connectivity index (χ0) is 27.2. The van der Waals surface area contributed by atoms with Crippen molar-refractivity contribution in [2.45, 2.75) is 53.6 Å². The molecule has 2 aromatic carbocycles. The van der Waals surface area contributed by atoms with Crippen LogP contribution < -0.4 is 10.6 Å². The highest BCUT2D eigenvalue weighted by atomic mass is 79.9. The van der Waals surface area contributed by atoms with Gasteiger partial charge in [-0.2, -0.15) is 0 Å². The number of aliphatic hydroxyl groups is 1. The summed E-state index contributed by atoms with van der Waals surface area (Å²) in [5.41, 5.74) is 2.03. The summed E-state index contributed by atoms with van der Waals surface area (Å²) in [6.07, 6.45) is 1.34. The standard InChI is InChI=1S/C28H31BrClN3O4S/c1-3-12-31-25(35)20-21-27(37)33(19(14-34)16-9-5-4-6-10-16)24(28(21)13-17(29)23(20)38-28)26(36)32-22-15(2)8-7-11-18(22)30/h4-11,17,19-21,23-24,34H,3,12-14H2,1-2H3,(H,31,35)(H,32,36)/t17?,19-,20-,21+,23-,24?,28?/m1/s1. The van der Waals surface area contributed by atoms with Crippen LogP contribution in [-0.2, 0) is 14.4 Å². The molecule has 3 aliphatic rings. The van der Waals surface area contributed by atoms with Crippen molar-refractivity contribution in [2.75, 3.05) is 18.5 Å². The maximum atomic E-state index is 14.3. The number of anilines is 1. The number of aliphatic hydroxyl groups excluding tert-OH is 1. The lowest BCUT2D eigenvalue weighted by Crippen LogP contribution is -2.54. The Hall–Kier alpha value is -2.07. The molecule has 202 valence electrons. The quantitative estimate of drug-likeness (QED) is 0.382. The predicted molar refractivity (Wildman–Crippen MR) is 153 cm³/mol. The zero-order valence-corrected chi connectivity index (χ0v) is 24.4. The first kappa shape index (κ1) is 27.5. The average Bonchev–Trinajstić information content (AvgIpc) is 3.49. The Morgan fingerprint density at radius 1 is 1.21 bits per heavy atom. The minimum atomic E-state index is -0.910. The Morgan fingerprint density at radius 3 is 2.61 bits per heavy atom. The lowest BCUT2D eigenvalue weighted by Gasteiger charge is -2.37. The number of hydrogen-bond acceptors (Lipinski definition) is 5. The molecule has 2 bridgehead atoms. The highest BCUT2D eigenvalue weighted by Crippen LogP contribution is 2.68. The molecule has 7 atom stereocenters. The Bertz CT molecular complexity index is 1230. The molecule has 3 aliphatic heterocycles. The Kier molecular flexibility index (Phi) is 7.84. The summed E-state index contributed by atoms with van der Waals surface area (Å²) < 4.78 is -0.828. The molecule has 0 radical (unpaired) electrons. The molecule has 10 heteroatoms. The van der Waals surface area contributed by atoms with Crippen molar-refractivity contribution < 1.29 is 19.5 Å². The summed E-state index contributed by atoms with van der Waals surface area (Å²) in [6.45, 7) is 4.01. The molecule has 7 nitrogen and oxygen atoms in total. The molecule has 0 aromatic heterocycles.